The summed E-state index contributed by atoms with van der Waals surface area (Å²) in [4.78, 5) is 24.2. The Bertz CT molecular complexity index is 1150. The van der Waals surface area contributed by atoms with E-state index in [2.05, 4.69) is 0 Å². The van der Waals surface area contributed by atoms with E-state index in [1.165, 1.54) is 12.3 Å². The maximum atomic E-state index is 12.6. The van der Waals surface area contributed by atoms with Crippen molar-refractivity contribution in [1.29, 1.82) is 0 Å². The number of ether oxygens (including phenoxy) is 3. The largest absolute Gasteiger partial charge is 0.492 e. The number of benzene rings is 1. The zero-order valence-electron chi connectivity index (χ0n) is 19.7. The highest BCUT2D eigenvalue weighted by Crippen LogP contribution is 2.44. The van der Waals surface area contributed by atoms with Gasteiger partial charge in [0, 0.05) is 42.0 Å². The average Bonchev–Trinajstić information content (AvgIpc) is 2.78. The number of hydrogen-bond acceptors (Lipinski definition) is 7. The van der Waals surface area contributed by atoms with E-state index < -0.39 is 16.8 Å². The second-order valence-electron chi connectivity index (χ2n) is 10.0. The van der Waals surface area contributed by atoms with E-state index in [0.29, 0.717) is 49.9 Å². The Hall–Kier alpha value is -2.72. The standard InChI is InChI=1S/C25H31NO8/c1-24(2,10-28)22-6-15-5-21(34-14-25(11-32-3)12-33-13-25)16(9-27)4-17(15)19-7-20(29)18(23(30)31)8-26(19)22/h4-5,7-8,22,27-28H,6,9-14H2,1-3H3,(H,30,31)/t22-/m0/s1. The fraction of sp³-hybridized carbons (Fsp3) is 0.520. The summed E-state index contributed by atoms with van der Waals surface area (Å²) < 4.78 is 18.6. The molecule has 0 bridgehead atoms. The molecule has 1 aromatic heterocycles. The number of aromatic carboxylic acids is 1. The summed E-state index contributed by atoms with van der Waals surface area (Å²) in [5.41, 5.74) is 0.996. The molecule has 34 heavy (non-hydrogen) atoms. The number of carboxylic acids is 1. The van der Waals surface area contributed by atoms with Crippen molar-refractivity contribution in [3.8, 4) is 17.0 Å². The van der Waals surface area contributed by atoms with Gasteiger partial charge in [-0.1, -0.05) is 13.8 Å². The van der Waals surface area contributed by atoms with Crippen molar-refractivity contribution in [1.82, 2.24) is 4.57 Å². The molecule has 2 aromatic rings. The quantitative estimate of drug-likeness (QED) is 0.504. The molecule has 184 valence electrons. The molecule has 1 atom stereocenters. The Morgan fingerprint density at radius 1 is 1.24 bits per heavy atom. The third-order valence-corrected chi connectivity index (χ3v) is 6.90. The number of methoxy groups -OCH3 is 1. The molecular formula is C25H31NO8. The van der Waals surface area contributed by atoms with E-state index in [4.69, 9.17) is 14.2 Å². The Morgan fingerprint density at radius 3 is 2.53 bits per heavy atom. The Balaban J connectivity index is 1.80. The van der Waals surface area contributed by atoms with Crippen molar-refractivity contribution in [2.75, 3.05) is 40.1 Å². The Kier molecular flexibility index (Phi) is 6.56. The molecule has 3 N–H and O–H groups in total. The fourth-order valence-electron chi connectivity index (χ4n) is 4.72. The van der Waals surface area contributed by atoms with Gasteiger partial charge in [0.15, 0.2) is 5.43 Å². The molecule has 0 saturated carbocycles. The van der Waals surface area contributed by atoms with Gasteiger partial charge < -0.3 is 34.1 Å². The minimum Gasteiger partial charge on any atom is -0.492 e. The summed E-state index contributed by atoms with van der Waals surface area (Å²) in [6.07, 6.45) is 1.85. The summed E-state index contributed by atoms with van der Waals surface area (Å²) in [5, 5.41) is 29.6. The maximum Gasteiger partial charge on any atom is 0.341 e. The number of carboxylic acid groups (broad SMARTS) is 1. The average molecular weight is 474 g/mol. The molecule has 0 radical (unpaired) electrons. The lowest BCUT2D eigenvalue weighted by Crippen LogP contribution is -2.50. The lowest BCUT2D eigenvalue weighted by atomic mass is 9.77. The van der Waals surface area contributed by atoms with Crippen LogP contribution in [0.15, 0.2) is 29.2 Å². The first-order chi connectivity index (χ1) is 16.1. The lowest BCUT2D eigenvalue weighted by Gasteiger charge is -2.41. The summed E-state index contributed by atoms with van der Waals surface area (Å²) in [6.45, 7) is 5.35. The van der Waals surface area contributed by atoms with Crippen LogP contribution in [0.5, 0.6) is 5.75 Å². The van der Waals surface area contributed by atoms with E-state index in [0.717, 1.165) is 11.1 Å². The summed E-state index contributed by atoms with van der Waals surface area (Å²) >= 11 is 0. The predicted octanol–water partition coefficient (Wildman–Crippen LogP) is 1.86. The van der Waals surface area contributed by atoms with Crippen LogP contribution >= 0.6 is 0 Å². The van der Waals surface area contributed by atoms with Crippen molar-refractivity contribution in [3.63, 3.8) is 0 Å². The van der Waals surface area contributed by atoms with E-state index in [1.54, 1.807) is 17.7 Å². The highest BCUT2D eigenvalue weighted by Gasteiger charge is 2.40. The number of fused-ring (bicyclic) bond motifs is 3. The van der Waals surface area contributed by atoms with Crippen LogP contribution in [0.3, 0.4) is 0 Å². The first-order valence-corrected chi connectivity index (χ1v) is 11.2. The normalized spacial score (nSPS) is 18.6. The minimum absolute atomic E-state index is 0.126. The zero-order chi connectivity index (χ0) is 24.7. The molecule has 0 amide bonds. The first-order valence-electron chi connectivity index (χ1n) is 11.2. The van der Waals surface area contributed by atoms with Crippen molar-refractivity contribution >= 4 is 5.97 Å². The van der Waals surface area contributed by atoms with Crippen molar-refractivity contribution in [2.24, 2.45) is 10.8 Å². The van der Waals surface area contributed by atoms with Gasteiger partial charge in [-0.3, -0.25) is 4.79 Å². The van der Waals surface area contributed by atoms with Crippen LogP contribution in [0.4, 0.5) is 0 Å². The summed E-state index contributed by atoms with van der Waals surface area (Å²) in [6, 6.07) is 4.69. The summed E-state index contributed by atoms with van der Waals surface area (Å²) in [7, 11) is 1.64. The third-order valence-electron chi connectivity index (χ3n) is 6.90. The molecule has 2 aliphatic rings. The number of aliphatic hydroxyl groups excluding tert-OH is 2. The number of pyridine rings is 1. The molecule has 3 heterocycles. The lowest BCUT2D eigenvalue weighted by molar-refractivity contribution is -0.159. The van der Waals surface area contributed by atoms with Gasteiger partial charge in [-0.15, -0.1) is 0 Å². The molecule has 9 heteroatoms. The zero-order valence-corrected chi connectivity index (χ0v) is 19.7. The van der Waals surface area contributed by atoms with E-state index in [9.17, 15) is 24.9 Å². The van der Waals surface area contributed by atoms with Gasteiger partial charge >= 0.3 is 5.97 Å². The van der Waals surface area contributed by atoms with Crippen LogP contribution in [0, 0.1) is 10.8 Å². The van der Waals surface area contributed by atoms with Crippen LogP contribution in [-0.4, -0.2) is 66.0 Å². The van der Waals surface area contributed by atoms with E-state index >= 15 is 0 Å². The van der Waals surface area contributed by atoms with Gasteiger partial charge in [0.1, 0.15) is 17.9 Å². The van der Waals surface area contributed by atoms with Crippen LogP contribution in [0.2, 0.25) is 0 Å². The molecule has 0 aliphatic carbocycles. The number of nitrogens with zero attached hydrogens (tertiary/aromatic N) is 1. The van der Waals surface area contributed by atoms with Gasteiger partial charge in [-0.2, -0.15) is 0 Å². The van der Waals surface area contributed by atoms with Crippen LogP contribution in [0.25, 0.3) is 11.3 Å². The topological polar surface area (TPSA) is 127 Å². The van der Waals surface area contributed by atoms with Crippen LogP contribution in [0.1, 0.15) is 41.4 Å². The monoisotopic (exact) mass is 473 g/mol. The number of rotatable bonds is 9. The van der Waals surface area contributed by atoms with Crippen LogP contribution < -0.4 is 10.2 Å². The molecule has 0 spiro atoms. The van der Waals surface area contributed by atoms with Crippen molar-refractivity contribution in [2.45, 2.75) is 32.9 Å². The number of hydrogen-bond donors (Lipinski definition) is 3. The van der Waals surface area contributed by atoms with E-state index in [1.807, 2.05) is 19.9 Å². The van der Waals surface area contributed by atoms with E-state index in [-0.39, 0.29) is 30.2 Å². The molecule has 2 aliphatic heterocycles. The highest BCUT2D eigenvalue weighted by molar-refractivity contribution is 5.87. The molecule has 4 rings (SSSR count). The second kappa shape index (κ2) is 9.14. The number of aromatic nitrogens is 1. The predicted molar refractivity (Wildman–Crippen MR) is 123 cm³/mol. The first kappa shape index (κ1) is 24.4. The number of carbonyl (C=O) groups is 1. The van der Waals surface area contributed by atoms with Crippen molar-refractivity contribution < 1.29 is 34.3 Å². The molecule has 9 nitrogen and oxygen atoms in total. The Labute approximate surface area is 197 Å². The smallest absolute Gasteiger partial charge is 0.341 e. The van der Waals surface area contributed by atoms with Gasteiger partial charge in [-0.05, 0) is 24.1 Å². The van der Waals surface area contributed by atoms with Gasteiger partial charge in [0.05, 0.1) is 44.1 Å². The Morgan fingerprint density at radius 2 is 1.97 bits per heavy atom. The summed E-state index contributed by atoms with van der Waals surface area (Å²) in [5.74, 6) is -0.751. The fourth-order valence-corrected chi connectivity index (χ4v) is 4.72. The van der Waals surface area contributed by atoms with Crippen molar-refractivity contribution in [3.05, 3.63) is 51.3 Å². The van der Waals surface area contributed by atoms with Gasteiger partial charge in [-0.25, -0.2) is 4.79 Å². The van der Waals surface area contributed by atoms with Crippen LogP contribution in [-0.2, 0) is 22.5 Å². The molecule has 1 saturated heterocycles. The van der Waals surface area contributed by atoms with Gasteiger partial charge in [0.25, 0.3) is 0 Å². The number of aliphatic hydroxyl groups is 2. The second-order valence-corrected chi connectivity index (χ2v) is 10.0. The SMILES string of the molecule is COCC1(COc2cc3c(cc2CO)-c2cc(=O)c(C(=O)O)cn2[C@H](C(C)(C)CO)C3)COC1. The minimum atomic E-state index is -1.29. The molecule has 1 aromatic carbocycles. The molecular weight excluding hydrogens is 442 g/mol. The highest BCUT2D eigenvalue weighted by atomic mass is 16.5. The molecule has 1 fully saturated rings. The van der Waals surface area contributed by atoms with Gasteiger partial charge in [0.2, 0.25) is 0 Å². The molecule has 0 unspecified atom stereocenters. The third kappa shape index (κ3) is 4.24. The maximum absolute atomic E-state index is 12.6.